The number of rotatable bonds is 3. The monoisotopic (exact) mass is 197 g/mol. The molecular formula is C9H11NO4. The number of hydrogen-bond donors (Lipinski definition) is 2. The first-order chi connectivity index (χ1) is 6.50. The predicted octanol–water partition coefficient (Wildman–Crippen LogP) is 1.22. The highest BCUT2D eigenvalue weighted by Gasteiger charge is 2.11. The minimum Gasteiger partial charge on any atom is -0.508 e. The lowest BCUT2D eigenvalue weighted by atomic mass is 10.1. The fraction of sp³-hybridized carbons (Fsp3) is 0.333. The van der Waals surface area contributed by atoms with Gasteiger partial charge in [-0.2, -0.15) is 0 Å². The van der Waals surface area contributed by atoms with Gasteiger partial charge in [0.15, 0.2) is 0 Å². The summed E-state index contributed by atoms with van der Waals surface area (Å²) in [6, 6.07) is 3.75. The topological polar surface area (TPSA) is 83.6 Å². The summed E-state index contributed by atoms with van der Waals surface area (Å²) < 4.78 is 0. The standard InChI is InChI=1S/C9H11NO4/c1-6(11)4-7-5-8(10(13)14)2-3-9(7)12/h2-3,5-6,11-12H,4H2,1H3/t6-/m0/s1. The van der Waals surface area contributed by atoms with E-state index >= 15 is 0 Å². The summed E-state index contributed by atoms with van der Waals surface area (Å²) in [6.07, 6.45) is -0.434. The summed E-state index contributed by atoms with van der Waals surface area (Å²) in [5.74, 6) is -0.0310. The molecule has 0 aromatic heterocycles. The van der Waals surface area contributed by atoms with E-state index in [0.717, 1.165) is 0 Å². The number of benzene rings is 1. The van der Waals surface area contributed by atoms with Crippen molar-refractivity contribution >= 4 is 5.69 Å². The van der Waals surface area contributed by atoms with Crippen LogP contribution in [0, 0.1) is 10.1 Å². The molecule has 0 unspecified atom stereocenters. The third-order valence-electron chi connectivity index (χ3n) is 1.79. The Kier molecular flexibility index (Phi) is 3.03. The lowest BCUT2D eigenvalue weighted by molar-refractivity contribution is -0.384. The van der Waals surface area contributed by atoms with Crippen LogP contribution in [-0.2, 0) is 6.42 Å². The van der Waals surface area contributed by atoms with Gasteiger partial charge in [0.05, 0.1) is 11.0 Å². The number of nitro benzene ring substituents is 1. The van der Waals surface area contributed by atoms with Gasteiger partial charge in [-0.1, -0.05) is 0 Å². The van der Waals surface area contributed by atoms with E-state index in [1.54, 1.807) is 6.92 Å². The Morgan fingerprint density at radius 2 is 2.21 bits per heavy atom. The van der Waals surface area contributed by atoms with Gasteiger partial charge in [0.25, 0.3) is 5.69 Å². The number of non-ortho nitro benzene ring substituents is 1. The zero-order valence-corrected chi connectivity index (χ0v) is 7.67. The smallest absolute Gasteiger partial charge is 0.269 e. The van der Waals surface area contributed by atoms with Crippen LogP contribution in [0.1, 0.15) is 12.5 Å². The van der Waals surface area contributed by atoms with Gasteiger partial charge in [-0.25, -0.2) is 0 Å². The maximum absolute atomic E-state index is 10.4. The predicted molar refractivity (Wildman–Crippen MR) is 50.1 cm³/mol. The van der Waals surface area contributed by atoms with Gasteiger partial charge in [-0.3, -0.25) is 10.1 Å². The zero-order valence-electron chi connectivity index (χ0n) is 7.67. The molecule has 5 heteroatoms. The molecule has 0 bridgehead atoms. The van der Waals surface area contributed by atoms with Crippen LogP contribution in [0.25, 0.3) is 0 Å². The number of nitrogens with zero attached hydrogens (tertiary/aromatic N) is 1. The number of nitro groups is 1. The number of hydrogen-bond acceptors (Lipinski definition) is 4. The Bertz CT molecular complexity index is 349. The molecule has 0 spiro atoms. The quantitative estimate of drug-likeness (QED) is 0.563. The Labute approximate surface area is 80.8 Å². The van der Waals surface area contributed by atoms with Crippen LogP contribution in [0.4, 0.5) is 5.69 Å². The van der Waals surface area contributed by atoms with Crippen molar-refractivity contribution in [3.05, 3.63) is 33.9 Å². The Morgan fingerprint density at radius 3 is 2.71 bits per heavy atom. The van der Waals surface area contributed by atoms with Gasteiger partial charge in [0.1, 0.15) is 5.75 Å². The molecule has 0 radical (unpaired) electrons. The van der Waals surface area contributed by atoms with Crippen LogP contribution >= 0.6 is 0 Å². The number of aromatic hydroxyl groups is 1. The van der Waals surface area contributed by atoms with E-state index in [1.165, 1.54) is 18.2 Å². The highest BCUT2D eigenvalue weighted by Crippen LogP contribution is 2.23. The molecule has 0 amide bonds. The van der Waals surface area contributed by atoms with E-state index in [0.29, 0.717) is 5.56 Å². The lowest BCUT2D eigenvalue weighted by Crippen LogP contribution is -2.04. The molecule has 1 rings (SSSR count). The number of aliphatic hydroxyl groups is 1. The molecule has 0 aliphatic rings. The molecule has 0 aliphatic heterocycles. The molecule has 0 fully saturated rings. The molecule has 2 N–H and O–H groups in total. The number of phenolic OH excluding ortho intramolecular Hbond substituents is 1. The van der Waals surface area contributed by atoms with Crippen LogP contribution in [0.15, 0.2) is 18.2 Å². The van der Waals surface area contributed by atoms with Gasteiger partial charge in [0, 0.05) is 24.1 Å². The summed E-state index contributed by atoms with van der Waals surface area (Å²) in [6.45, 7) is 1.55. The Morgan fingerprint density at radius 1 is 1.57 bits per heavy atom. The van der Waals surface area contributed by atoms with Crippen LogP contribution in [0.3, 0.4) is 0 Å². The van der Waals surface area contributed by atoms with E-state index in [9.17, 15) is 15.2 Å². The Hall–Kier alpha value is -1.62. The molecule has 76 valence electrons. The average Bonchev–Trinajstić information content (AvgIpc) is 2.07. The molecule has 1 aromatic carbocycles. The third-order valence-corrected chi connectivity index (χ3v) is 1.79. The fourth-order valence-corrected chi connectivity index (χ4v) is 1.17. The molecular weight excluding hydrogens is 186 g/mol. The molecule has 14 heavy (non-hydrogen) atoms. The van der Waals surface area contributed by atoms with Crippen LogP contribution < -0.4 is 0 Å². The molecule has 5 nitrogen and oxygen atoms in total. The normalized spacial score (nSPS) is 12.4. The van der Waals surface area contributed by atoms with E-state index in [4.69, 9.17) is 5.11 Å². The van der Waals surface area contributed by atoms with Crippen molar-refractivity contribution in [3.63, 3.8) is 0 Å². The maximum Gasteiger partial charge on any atom is 0.269 e. The van der Waals surface area contributed by atoms with E-state index in [2.05, 4.69) is 0 Å². The fourth-order valence-electron chi connectivity index (χ4n) is 1.17. The summed E-state index contributed by atoms with van der Waals surface area (Å²) >= 11 is 0. The van der Waals surface area contributed by atoms with Crippen molar-refractivity contribution in [1.82, 2.24) is 0 Å². The number of phenols is 1. The second kappa shape index (κ2) is 4.06. The van der Waals surface area contributed by atoms with Crippen molar-refractivity contribution in [2.45, 2.75) is 19.4 Å². The average molecular weight is 197 g/mol. The molecule has 0 saturated carbocycles. The summed E-state index contributed by atoms with van der Waals surface area (Å²) in [5.41, 5.74) is 0.299. The first-order valence-electron chi connectivity index (χ1n) is 4.15. The van der Waals surface area contributed by atoms with Crippen LogP contribution in [0.5, 0.6) is 5.75 Å². The first kappa shape index (κ1) is 10.5. The zero-order chi connectivity index (χ0) is 10.7. The van der Waals surface area contributed by atoms with Crippen LogP contribution in [0.2, 0.25) is 0 Å². The molecule has 0 aliphatic carbocycles. The first-order valence-corrected chi connectivity index (χ1v) is 4.15. The van der Waals surface area contributed by atoms with E-state index in [-0.39, 0.29) is 17.9 Å². The highest BCUT2D eigenvalue weighted by atomic mass is 16.6. The van der Waals surface area contributed by atoms with E-state index < -0.39 is 11.0 Å². The van der Waals surface area contributed by atoms with Crippen molar-refractivity contribution in [3.8, 4) is 5.75 Å². The van der Waals surface area contributed by atoms with Crippen molar-refractivity contribution in [2.75, 3.05) is 0 Å². The van der Waals surface area contributed by atoms with Gasteiger partial charge in [0.2, 0.25) is 0 Å². The second-order valence-corrected chi connectivity index (χ2v) is 3.12. The van der Waals surface area contributed by atoms with Gasteiger partial charge < -0.3 is 10.2 Å². The largest absolute Gasteiger partial charge is 0.508 e. The van der Waals surface area contributed by atoms with Gasteiger partial charge >= 0.3 is 0 Å². The minimum absolute atomic E-state index is 0.0310. The van der Waals surface area contributed by atoms with Crippen molar-refractivity contribution in [1.29, 1.82) is 0 Å². The molecule has 1 atom stereocenters. The van der Waals surface area contributed by atoms with Crippen LogP contribution in [-0.4, -0.2) is 21.2 Å². The third kappa shape index (κ3) is 2.43. The summed E-state index contributed by atoms with van der Waals surface area (Å²) in [5, 5.41) is 28.8. The number of aliphatic hydroxyl groups excluding tert-OH is 1. The minimum atomic E-state index is -0.636. The molecule has 0 saturated heterocycles. The highest BCUT2D eigenvalue weighted by molar-refractivity contribution is 5.43. The van der Waals surface area contributed by atoms with Crippen molar-refractivity contribution in [2.24, 2.45) is 0 Å². The summed E-state index contributed by atoms with van der Waals surface area (Å²) in [7, 11) is 0. The van der Waals surface area contributed by atoms with Gasteiger partial charge in [-0.05, 0) is 13.0 Å². The lowest BCUT2D eigenvalue weighted by Gasteiger charge is -2.06. The molecule has 0 heterocycles. The molecule has 1 aromatic rings. The second-order valence-electron chi connectivity index (χ2n) is 3.12. The SMILES string of the molecule is C[C@H](O)Cc1cc([N+](=O)[O-])ccc1O. The summed E-state index contributed by atoms with van der Waals surface area (Å²) in [4.78, 5) is 9.87. The van der Waals surface area contributed by atoms with Crippen molar-refractivity contribution < 1.29 is 15.1 Å². The maximum atomic E-state index is 10.4. The van der Waals surface area contributed by atoms with E-state index in [1.807, 2.05) is 0 Å². The van der Waals surface area contributed by atoms with Gasteiger partial charge in [-0.15, -0.1) is 0 Å². The Balaban J connectivity index is 3.02.